The molecule has 2 saturated carbocycles. The summed E-state index contributed by atoms with van der Waals surface area (Å²) in [6.45, 7) is 1.79. The van der Waals surface area contributed by atoms with E-state index >= 15 is 0 Å². The molecular formula is C16H18F4N2O2. The molecule has 2 atom stereocenters. The van der Waals surface area contributed by atoms with Gasteiger partial charge in [0.25, 0.3) is 0 Å². The Morgan fingerprint density at radius 1 is 1.33 bits per heavy atom. The second-order valence-corrected chi connectivity index (χ2v) is 7.22. The lowest BCUT2D eigenvalue weighted by Gasteiger charge is -2.26. The molecule has 0 saturated heterocycles. The van der Waals surface area contributed by atoms with Crippen LogP contribution in [0.3, 0.4) is 0 Å². The molecule has 3 rings (SSSR count). The summed E-state index contributed by atoms with van der Waals surface area (Å²) >= 11 is 0. The van der Waals surface area contributed by atoms with Crippen molar-refractivity contribution < 1.29 is 27.1 Å². The van der Waals surface area contributed by atoms with Crippen LogP contribution in [0.15, 0.2) is 18.2 Å². The van der Waals surface area contributed by atoms with E-state index in [-0.39, 0.29) is 11.1 Å². The maximum Gasteiger partial charge on any atom is 0.419 e. The molecule has 1 amide bonds. The van der Waals surface area contributed by atoms with Crippen LogP contribution in [0.1, 0.15) is 43.7 Å². The minimum Gasteiger partial charge on any atom is -0.438 e. The number of primary amides is 1. The monoisotopic (exact) mass is 346 g/mol. The van der Waals surface area contributed by atoms with Gasteiger partial charge in [-0.15, -0.1) is 0 Å². The van der Waals surface area contributed by atoms with Gasteiger partial charge in [-0.25, -0.2) is 9.18 Å². The Hall–Kier alpha value is -1.83. The fourth-order valence-corrected chi connectivity index (χ4v) is 3.66. The van der Waals surface area contributed by atoms with E-state index < -0.39 is 34.7 Å². The Morgan fingerprint density at radius 2 is 1.96 bits per heavy atom. The first-order valence-electron chi connectivity index (χ1n) is 7.56. The van der Waals surface area contributed by atoms with Crippen LogP contribution in [0.25, 0.3) is 0 Å². The molecule has 8 heteroatoms. The first kappa shape index (κ1) is 17.0. The van der Waals surface area contributed by atoms with Crippen molar-refractivity contribution in [3.63, 3.8) is 0 Å². The van der Waals surface area contributed by atoms with Crippen LogP contribution in [-0.4, -0.2) is 11.6 Å². The van der Waals surface area contributed by atoms with Gasteiger partial charge in [0.2, 0.25) is 0 Å². The van der Waals surface area contributed by atoms with Crippen molar-refractivity contribution in [3.8, 4) is 0 Å². The number of nitrogens with two attached hydrogens (primary N) is 2. The lowest BCUT2D eigenvalue weighted by Crippen LogP contribution is -2.33. The summed E-state index contributed by atoms with van der Waals surface area (Å²) < 4.78 is 57.7. The quantitative estimate of drug-likeness (QED) is 0.820. The number of halogens is 4. The maximum atomic E-state index is 13.5. The molecule has 132 valence electrons. The Labute approximate surface area is 136 Å². The molecule has 2 aliphatic rings. The highest BCUT2D eigenvalue weighted by atomic mass is 19.4. The molecule has 0 spiro atoms. The predicted octanol–water partition coefficient (Wildman–Crippen LogP) is 3.43. The number of alkyl halides is 3. The summed E-state index contributed by atoms with van der Waals surface area (Å²) in [5.41, 5.74) is 7.61. The molecule has 2 fully saturated rings. The van der Waals surface area contributed by atoms with Gasteiger partial charge in [0.1, 0.15) is 11.4 Å². The number of ether oxygens (including phenoxy) is 1. The lowest BCUT2D eigenvalue weighted by atomic mass is 9.89. The summed E-state index contributed by atoms with van der Waals surface area (Å²) in [4.78, 5) is 11.3. The minimum atomic E-state index is -4.84. The summed E-state index contributed by atoms with van der Waals surface area (Å²) in [6.07, 6.45) is -3.51. The first-order chi connectivity index (χ1) is 10.9. The molecule has 0 aromatic heterocycles. The van der Waals surface area contributed by atoms with Crippen LogP contribution in [-0.2, 0) is 16.5 Å². The summed E-state index contributed by atoms with van der Waals surface area (Å²) in [7, 11) is 0. The molecule has 0 bridgehead atoms. The lowest BCUT2D eigenvalue weighted by molar-refractivity contribution is -0.140. The van der Waals surface area contributed by atoms with Crippen molar-refractivity contribution in [1.82, 2.24) is 0 Å². The fraction of sp³-hybridized carbons (Fsp3) is 0.562. The number of hydrogen-bond donors (Lipinski definition) is 2. The van der Waals surface area contributed by atoms with E-state index in [1.54, 1.807) is 6.92 Å². The Kier molecular flexibility index (Phi) is 3.43. The Morgan fingerprint density at radius 3 is 2.46 bits per heavy atom. The second-order valence-electron chi connectivity index (χ2n) is 7.22. The zero-order valence-electron chi connectivity index (χ0n) is 13.0. The highest BCUT2D eigenvalue weighted by Gasteiger charge is 2.71. The standard InChI is InChI=1S/C16H18F4N2O2/c1-13(7-14(22)4-5-14)8-15(13,24-12(21)23)9-2-3-11(17)10(6-9)16(18,19)20/h2-3,6H,4-5,7-8,22H2,1H3,(H2,21,23). The van der Waals surface area contributed by atoms with Crippen LogP contribution in [0.4, 0.5) is 22.4 Å². The van der Waals surface area contributed by atoms with Gasteiger partial charge in [-0.2, -0.15) is 13.2 Å². The number of hydrogen-bond acceptors (Lipinski definition) is 3. The number of carbonyl (C=O) groups excluding carboxylic acids is 1. The van der Waals surface area contributed by atoms with E-state index in [0.717, 1.165) is 18.9 Å². The Bertz CT molecular complexity index is 702. The Balaban J connectivity index is 2.01. The molecule has 1 aromatic rings. The highest BCUT2D eigenvalue weighted by molar-refractivity contribution is 5.66. The van der Waals surface area contributed by atoms with E-state index in [9.17, 15) is 22.4 Å². The van der Waals surface area contributed by atoms with Crippen LogP contribution in [0.5, 0.6) is 0 Å². The van der Waals surface area contributed by atoms with Crippen molar-refractivity contribution in [1.29, 1.82) is 0 Å². The van der Waals surface area contributed by atoms with Crippen molar-refractivity contribution in [2.24, 2.45) is 16.9 Å². The van der Waals surface area contributed by atoms with Crippen molar-refractivity contribution in [2.45, 2.75) is 49.9 Å². The number of benzene rings is 1. The average Bonchev–Trinajstić information content (AvgIpc) is 3.26. The summed E-state index contributed by atoms with van der Waals surface area (Å²) in [5, 5.41) is 0. The van der Waals surface area contributed by atoms with E-state index in [1.165, 1.54) is 6.07 Å². The smallest absolute Gasteiger partial charge is 0.419 e. The van der Waals surface area contributed by atoms with E-state index in [0.29, 0.717) is 18.9 Å². The number of carbonyl (C=O) groups is 1. The van der Waals surface area contributed by atoms with Gasteiger partial charge in [-0.05, 0) is 37.0 Å². The first-order valence-corrected chi connectivity index (χ1v) is 7.56. The van der Waals surface area contributed by atoms with Gasteiger partial charge in [0.05, 0.1) is 5.56 Å². The van der Waals surface area contributed by atoms with E-state index in [4.69, 9.17) is 16.2 Å². The van der Waals surface area contributed by atoms with Crippen molar-refractivity contribution >= 4 is 6.09 Å². The molecule has 1 aromatic carbocycles. The van der Waals surface area contributed by atoms with Gasteiger partial charge >= 0.3 is 12.3 Å². The SMILES string of the molecule is CC1(CC2(N)CC2)CC1(OC(N)=O)c1ccc(F)c(C(F)(F)F)c1. The van der Waals surface area contributed by atoms with Crippen molar-refractivity contribution in [3.05, 3.63) is 35.1 Å². The summed E-state index contributed by atoms with van der Waals surface area (Å²) in [5.74, 6) is -1.37. The fourth-order valence-electron chi connectivity index (χ4n) is 3.66. The van der Waals surface area contributed by atoms with Crippen LogP contribution in [0.2, 0.25) is 0 Å². The van der Waals surface area contributed by atoms with Crippen molar-refractivity contribution in [2.75, 3.05) is 0 Å². The van der Waals surface area contributed by atoms with Crippen LogP contribution in [0, 0.1) is 11.2 Å². The third-order valence-electron chi connectivity index (χ3n) is 5.14. The molecule has 4 nitrogen and oxygen atoms in total. The molecule has 0 aliphatic heterocycles. The topological polar surface area (TPSA) is 78.3 Å². The van der Waals surface area contributed by atoms with Gasteiger partial charge in [-0.3, -0.25) is 0 Å². The maximum absolute atomic E-state index is 13.5. The molecule has 2 unspecified atom stereocenters. The highest BCUT2D eigenvalue weighted by Crippen LogP contribution is 2.70. The van der Waals surface area contributed by atoms with Gasteiger partial charge in [0.15, 0.2) is 0 Å². The number of rotatable bonds is 4. The molecular weight excluding hydrogens is 328 g/mol. The average molecular weight is 346 g/mol. The third-order valence-corrected chi connectivity index (χ3v) is 5.14. The van der Waals surface area contributed by atoms with Gasteiger partial charge < -0.3 is 16.2 Å². The normalized spacial score (nSPS) is 30.8. The van der Waals surface area contributed by atoms with E-state index in [1.807, 2.05) is 0 Å². The van der Waals surface area contributed by atoms with Crippen LogP contribution < -0.4 is 11.5 Å². The van der Waals surface area contributed by atoms with E-state index in [2.05, 4.69) is 0 Å². The van der Waals surface area contributed by atoms with Gasteiger partial charge in [0, 0.05) is 17.4 Å². The molecule has 24 heavy (non-hydrogen) atoms. The largest absolute Gasteiger partial charge is 0.438 e. The zero-order valence-corrected chi connectivity index (χ0v) is 13.0. The predicted molar refractivity (Wildman–Crippen MR) is 77.2 cm³/mol. The number of amides is 1. The second kappa shape index (κ2) is 4.84. The van der Waals surface area contributed by atoms with Gasteiger partial charge in [-0.1, -0.05) is 13.0 Å². The molecule has 0 radical (unpaired) electrons. The molecule has 4 N–H and O–H groups in total. The molecule has 2 aliphatic carbocycles. The minimum absolute atomic E-state index is 0.0850. The van der Waals surface area contributed by atoms with Crippen LogP contribution >= 0.6 is 0 Å². The zero-order chi connectivity index (χ0) is 18.0. The third kappa shape index (κ3) is 2.72. The molecule has 0 heterocycles. The summed E-state index contributed by atoms with van der Waals surface area (Å²) in [6, 6.07) is 2.63.